The molecule has 0 aliphatic carbocycles. The predicted molar refractivity (Wildman–Crippen MR) is 58.7 cm³/mol. The average molecular weight is 245 g/mol. The van der Waals surface area contributed by atoms with Crippen molar-refractivity contribution >= 4 is 5.82 Å². The third-order valence-corrected chi connectivity index (χ3v) is 2.91. The van der Waals surface area contributed by atoms with Crippen molar-refractivity contribution in [3.8, 4) is 0 Å². The van der Waals surface area contributed by atoms with Crippen LogP contribution in [-0.4, -0.2) is 24.2 Å². The van der Waals surface area contributed by atoms with Gasteiger partial charge in [0.2, 0.25) is 0 Å². The molecule has 1 fully saturated rings. The SMILES string of the molecule is NC(c1cccnc1N1CCCC1)C(F)(F)F. The lowest BCUT2D eigenvalue weighted by molar-refractivity contribution is -0.149. The van der Waals surface area contributed by atoms with Crippen LogP contribution >= 0.6 is 0 Å². The minimum absolute atomic E-state index is 0.0573. The Morgan fingerprint density at radius 2 is 1.94 bits per heavy atom. The fraction of sp³-hybridized carbons (Fsp3) is 0.545. The number of alkyl halides is 3. The first kappa shape index (κ1) is 12.2. The van der Waals surface area contributed by atoms with E-state index in [1.54, 1.807) is 0 Å². The number of hydrogen-bond acceptors (Lipinski definition) is 3. The van der Waals surface area contributed by atoms with Gasteiger partial charge < -0.3 is 10.6 Å². The minimum atomic E-state index is -4.43. The Hall–Kier alpha value is -1.30. The average Bonchev–Trinajstić information content (AvgIpc) is 2.80. The van der Waals surface area contributed by atoms with Crippen LogP contribution in [0.3, 0.4) is 0 Å². The molecule has 0 aromatic carbocycles. The Morgan fingerprint density at radius 3 is 2.53 bits per heavy atom. The smallest absolute Gasteiger partial charge is 0.356 e. The van der Waals surface area contributed by atoms with E-state index in [9.17, 15) is 13.2 Å². The summed E-state index contributed by atoms with van der Waals surface area (Å²) in [5.41, 5.74) is 5.31. The summed E-state index contributed by atoms with van der Waals surface area (Å²) in [7, 11) is 0. The molecule has 0 bridgehead atoms. The monoisotopic (exact) mass is 245 g/mol. The van der Waals surface area contributed by atoms with E-state index >= 15 is 0 Å². The van der Waals surface area contributed by atoms with Crippen LogP contribution in [0.2, 0.25) is 0 Å². The first-order chi connectivity index (χ1) is 8.00. The summed E-state index contributed by atoms with van der Waals surface area (Å²) in [5, 5.41) is 0. The Bertz CT molecular complexity index is 386. The molecule has 1 aromatic rings. The zero-order valence-corrected chi connectivity index (χ0v) is 9.24. The zero-order valence-electron chi connectivity index (χ0n) is 9.24. The van der Waals surface area contributed by atoms with Crippen molar-refractivity contribution in [2.24, 2.45) is 5.73 Å². The molecular weight excluding hydrogens is 231 g/mol. The lowest BCUT2D eigenvalue weighted by Gasteiger charge is -2.24. The summed E-state index contributed by atoms with van der Waals surface area (Å²) in [6, 6.07) is 0.922. The highest BCUT2D eigenvalue weighted by atomic mass is 19.4. The summed E-state index contributed by atoms with van der Waals surface area (Å²) in [6.07, 6.45) is -0.966. The number of anilines is 1. The number of nitrogens with two attached hydrogens (primary N) is 1. The quantitative estimate of drug-likeness (QED) is 0.868. The number of hydrogen-bond donors (Lipinski definition) is 1. The van der Waals surface area contributed by atoms with Crippen molar-refractivity contribution < 1.29 is 13.2 Å². The van der Waals surface area contributed by atoms with E-state index in [1.165, 1.54) is 18.3 Å². The van der Waals surface area contributed by atoms with Gasteiger partial charge in [0.25, 0.3) is 0 Å². The van der Waals surface area contributed by atoms with Crippen molar-refractivity contribution in [2.45, 2.75) is 25.1 Å². The van der Waals surface area contributed by atoms with E-state index in [-0.39, 0.29) is 5.56 Å². The molecule has 0 amide bonds. The molecule has 1 aliphatic rings. The van der Waals surface area contributed by atoms with Gasteiger partial charge in [-0.1, -0.05) is 6.07 Å². The van der Waals surface area contributed by atoms with E-state index < -0.39 is 12.2 Å². The van der Waals surface area contributed by atoms with Crippen LogP contribution in [0.4, 0.5) is 19.0 Å². The second-order valence-corrected chi connectivity index (χ2v) is 4.13. The van der Waals surface area contributed by atoms with Crippen molar-refractivity contribution in [1.29, 1.82) is 0 Å². The van der Waals surface area contributed by atoms with Crippen LogP contribution in [-0.2, 0) is 0 Å². The molecule has 1 unspecified atom stereocenters. The Labute approximate surface area is 97.4 Å². The Morgan fingerprint density at radius 1 is 1.29 bits per heavy atom. The first-order valence-corrected chi connectivity index (χ1v) is 5.52. The van der Waals surface area contributed by atoms with Crippen LogP contribution < -0.4 is 10.6 Å². The molecule has 0 spiro atoms. The normalized spacial score (nSPS) is 18.5. The van der Waals surface area contributed by atoms with Crippen LogP contribution in [0.15, 0.2) is 18.3 Å². The maximum Gasteiger partial charge on any atom is 0.407 e. The van der Waals surface area contributed by atoms with Crippen molar-refractivity contribution in [2.75, 3.05) is 18.0 Å². The number of rotatable bonds is 2. The topological polar surface area (TPSA) is 42.1 Å². The van der Waals surface area contributed by atoms with E-state index in [0.717, 1.165) is 25.9 Å². The molecule has 1 aromatic heterocycles. The molecule has 2 N–H and O–H groups in total. The van der Waals surface area contributed by atoms with E-state index in [1.807, 2.05) is 4.90 Å². The maximum absolute atomic E-state index is 12.6. The van der Waals surface area contributed by atoms with Crippen molar-refractivity contribution in [1.82, 2.24) is 4.98 Å². The molecule has 2 heterocycles. The van der Waals surface area contributed by atoms with Gasteiger partial charge in [0.05, 0.1) is 0 Å². The molecule has 17 heavy (non-hydrogen) atoms. The number of aromatic nitrogens is 1. The summed E-state index contributed by atoms with van der Waals surface area (Å²) < 4.78 is 37.9. The van der Waals surface area contributed by atoms with Crippen LogP contribution in [0.25, 0.3) is 0 Å². The molecule has 0 radical (unpaired) electrons. The lowest BCUT2D eigenvalue weighted by atomic mass is 10.1. The summed E-state index contributed by atoms with van der Waals surface area (Å²) in [5.74, 6) is 0.370. The van der Waals surface area contributed by atoms with Gasteiger partial charge in [0.15, 0.2) is 0 Å². The maximum atomic E-state index is 12.6. The number of nitrogens with zero attached hydrogens (tertiary/aromatic N) is 2. The largest absolute Gasteiger partial charge is 0.407 e. The fourth-order valence-electron chi connectivity index (χ4n) is 2.02. The van der Waals surface area contributed by atoms with E-state index in [2.05, 4.69) is 4.98 Å². The Kier molecular flexibility index (Phi) is 3.24. The minimum Gasteiger partial charge on any atom is -0.356 e. The number of pyridine rings is 1. The molecule has 3 nitrogen and oxygen atoms in total. The third-order valence-electron chi connectivity index (χ3n) is 2.91. The van der Waals surface area contributed by atoms with Crippen LogP contribution in [0.1, 0.15) is 24.4 Å². The highest BCUT2D eigenvalue weighted by molar-refractivity contribution is 5.49. The summed E-state index contributed by atoms with van der Waals surface area (Å²) in [4.78, 5) is 5.90. The Balaban J connectivity index is 2.33. The molecule has 0 saturated carbocycles. The summed E-state index contributed by atoms with van der Waals surface area (Å²) >= 11 is 0. The molecule has 1 atom stereocenters. The number of halogens is 3. The molecular formula is C11H14F3N3. The van der Waals surface area contributed by atoms with Gasteiger partial charge in [0, 0.05) is 24.8 Å². The fourth-order valence-corrected chi connectivity index (χ4v) is 2.02. The van der Waals surface area contributed by atoms with Gasteiger partial charge in [-0.15, -0.1) is 0 Å². The highest BCUT2D eigenvalue weighted by Crippen LogP contribution is 2.35. The zero-order chi connectivity index (χ0) is 12.5. The van der Waals surface area contributed by atoms with E-state index in [4.69, 9.17) is 5.73 Å². The van der Waals surface area contributed by atoms with Gasteiger partial charge in [-0.05, 0) is 18.9 Å². The van der Waals surface area contributed by atoms with Gasteiger partial charge in [-0.3, -0.25) is 0 Å². The second-order valence-electron chi connectivity index (χ2n) is 4.13. The van der Waals surface area contributed by atoms with Gasteiger partial charge >= 0.3 is 6.18 Å². The molecule has 1 aliphatic heterocycles. The lowest BCUT2D eigenvalue weighted by Crippen LogP contribution is -2.31. The van der Waals surface area contributed by atoms with Gasteiger partial charge in [0.1, 0.15) is 11.9 Å². The highest BCUT2D eigenvalue weighted by Gasteiger charge is 2.40. The van der Waals surface area contributed by atoms with Crippen molar-refractivity contribution in [3.63, 3.8) is 0 Å². The van der Waals surface area contributed by atoms with E-state index in [0.29, 0.717) is 5.82 Å². The molecule has 2 rings (SSSR count). The summed E-state index contributed by atoms with van der Waals surface area (Å²) in [6.45, 7) is 1.49. The van der Waals surface area contributed by atoms with Crippen LogP contribution in [0, 0.1) is 0 Å². The second kappa shape index (κ2) is 4.52. The standard InChI is InChI=1S/C11H14F3N3/c12-11(13,14)9(15)8-4-3-5-16-10(8)17-6-1-2-7-17/h3-5,9H,1-2,6-7,15H2. The third kappa shape index (κ3) is 2.52. The van der Waals surface area contributed by atoms with Gasteiger partial charge in [-0.25, -0.2) is 4.98 Å². The molecule has 1 saturated heterocycles. The first-order valence-electron chi connectivity index (χ1n) is 5.52. The van der Waals surface area contributed by atoms with Crippen LogP contribution in [0.5, 0.6) is 0 Å². The molecule has 6 heteroatoms. The van der Waals surface area contributed by atoms with Gasteiger partial charge in [-0.2, -0.15) is 13.2 Å². The predicted octanol–water partition coefficient (Wildman–Crippen LogP) is 2.24. The van der Waals surface area contributed by atoms with Crippen molar-refractivity contribution in [3.05, 3.63) is 23.9 Å². The molecule has 94 valence electrons.